The van der Waals surface area contributed by atoms with Gasteiger partial charge in [0, 0.05) is 18.8 Å². The van der Waals surface area contributed by atoms with Gasteiger partial charge in [0.2, 0.25) is 10.0 Å². The van der Waals surface area contributed by atoms with Crippen molar-refractivity contribution in [3.05, 3.63) is 23.9 Å². The quantitative estimate of drug-likeness (QED) is 0.847. The Hall–Kier alpha value is -1.65. The van der Waals surface area contributed by atoms with E-state index in [9.17, 15) is 8.42 Å². The van der Waals surface area contributed by atoms with Crippen LogP contribution in [0.3, 0.4) is 0 Å². The van der Waals surface area contributed by atoms with Gasteiger partial charge in [0.25, 0.3) is 0 Å². The van der Waals surface area contributed by atoms with Gasteiger partial charge in [-0.1, -0.05) is 6.42 Å². The maximum Gasteiger partial charge on any atom is 0.208 e. The summed E-state index contributed by atoms with van der Waals surface area (Å²) >= 11 is 0. The summed E-state index contributed by atoms with van der Waals surface area (Å²) < 4.78 is 25.3. The van der Waals surface area contributed by atoms with E-state index in [1.54, 1.807) is 18.3 Å². The molecule has 108 valence electrons. The molecule has 0 amide bonds. The van der Waals surface area contributed by atoms with Crippen LogP contribution in [0, 0.1) is 17.2 Å². The lowest BCUT2D eigenvalue weighted by molar-refractivity contribution is 0.463. The van der Waals surface area contributed by atoms with Crippen LogP contribution in [-0.4, -0.2) is 32.2 Å². The van der Waals surface area contributed by atoms with Crippen molar-refractivity contribution in [1.29, 1.82) is 5.26 Å². The fourth-order valence-electron chi connectivity index (χ4n) is 2.54. The van der Waals surface area contributed by atoms with E-state index in [0.29, 0.717) is 17.9 Å². The molecule has 0 aliphatic heterocycles. The molecule has 2 N–H and O–H groups in total. The average Bonchev–Trinajstić information content (AvgIpc) is 2.81. The molecule has 0 spiro atoms. The van der Waals surface area contributed by atoms with Crippen LogP contribution in [0.4, 0.5) is 5.82 Å². The molecular formula is C13H18N4O2S. The summed E-state index contributed by atoms with van der Waals surface area (Å²) in [5, 5.41) is 12.0. The second-order valence-corrected chi connectivity index (χ2v) is 6.89. The number of nitrogens with zero attached hydrogens (tertiary/aromatic N) is 2. The van der Waals surface area contributed by atoms with Crippen molar-refractivity contribution in [1.82, 2.24) is 9.71 Å². The lowest BCUT2D eigenvalue weighted by atomic mass is 10.0. The van der Waals surface area contributed by atoms with E-state index >= 15 is 0 Å². The number of rotatable bonds is 5. The van der Waals surface area contributed by atoms with Crippen LogP contribution in [0.15, 0.2) is 18.3 Å². The molecule has 1 aliphatic carbocycles. The number of anilines is 1. The molecule has 1 aromatic rings. The number of hydrogen-bond acceptors (Lipinski definition) is 5. The van der Waals surface area contributed by atoms with Gasteiger partial charge in [0.15, 0.2) is 0 Å². The van der Waals surface area contributed by atoms with Gasteiger partial charge in [-0.2, -0.15) is 5.26 Å². The van der Waals surface area contributed by atoms with Crippen LogP contribution in [0.2, 0.25) is 0 Å². The predicted molar refractivity (Wildman–Crippen MR) is 76.6 cm³/mol. The Morgan fingerprint density at radius 2 is 2.30 bits per heavy atom. The molecule has 0 saturated heterocycles. The van der Waals surface area contributed by atoms with Crippen molar-refractivity contribution in [2.24, 2.45) is 5.92 Å². The van der Waals surface area contributed by atoms with E-state index in [-0.39, 0.29) is 12.0 Å². The van der Waals surface area contributed by atoms with Gasteiger partial charge < -0.3 is 5.32 Å². The topological polar surface area (TPSA) is 94.9 Å². The third-order valence-corrected chi connectivity index (χ3v) is 4.19. The Labute approximate surface area is 119 Å². The number of nitrogens with one attached hydrogen (secondary N) is 2. The molecule has 2 atom stereocenters. The van der Waals surface area contributed by atoms with E-state index < -0.39 is 10.0 Å². The Balaban J connectivity index is 1.94. The van der Waals surface area contributed by atoms with Crippen molar-refractivity contribution in [3.8, 4) is 6.07 Å². The molecule has 7 heteroatoms. The minimum atomic E-state index is -3.17. The van der Waals surface area contributed by atoms with Gasteiger partial charge in [-0.25, -0.2) is 18.1 Å². The van der Waals surface area contributed by atoms with Crippen molar-refractivity contribution in [2.45, 2.75) is 25.3 Å². The normalized spacial score (nSPS) is 22.4. The van der Waals surface area contributed by atoms with Gasteiger partial charge in [0.1, 0.15) is 5.82 Å². The lowest BCUT2D eigenvalue weighted by Gasteiger charge is -2.20. The van der Waals surface area contributed by atoms with Crippen molar-refractivity contribution < 1.29 is 8.42 Å². The van der Waals surface area contributed by atoms with Crippen molar-refractivity contribution in [2.75, 3.05) is 18.1 Å². The zero-order valence-electron chi connectivity index (χ0n) is 11.3. The van der Waals surface area contributed by atoms with Crippen LogP contribution in [-0.2, 0) is 10.0 Å². The molecule has 0 aromatic carbocycles. The number of pyridine rings is 1. The fourth-order valence-corrected chi connectivity index (χ4v) is 3.40. The second kappa shape index (κ2) is 6.20. The molecule has 20 heavy (non-hydrogen) atoms. The second-order valence-electron chi connectivity index (χ2n) is 5.11. The Bertz CT molecular complexity index is 609. The van der Waals surface area contributed by atoms with Gasteiger partial charge in [0.05, 0.1) is 17.9 Å². The molecule has 1 aliphatic rings. The monoisotopic (exact) mass is 294 g/mol. The summed E-state index contributed by atoms with van der Waals surface area (Å²) in [6.45, 7) is 0.648. The average molecular weight is 294 g/mol. The first kappa shape index (κ1) is 14.8. The predicted octanol–water partition coefficient (Wildman–Crippen LogP) is 1.08. The molecule has 2 rings (SSSR count). The van der Waals surface area contributed by atoms with Crippen LogP contribution < -0.4 is 10.0 Å². The first-order valence-corrected chi connectivity index (χ1v) is 8.44. The number of nitriles is 1. The number of hydrogen-bond donors (Lipinski definition) is 2. The van der Waals surface area contributed by atoms with Crippen LogP contribution in [0.1, 0.15) is 24.8 Å². The minimum Gasteiger partial charge on any atom is -0.370 e. The molecule has 1 saturated carbocycles. The highest BCUT2D eigenvalue weighted by molar-refractivity contribution is 7.88. The molecule has 6 nitrogen and oxygen atoms in total. The van der Waals surface area contributed by atoms with E-state index in [1.165, 1.54) is 6.26 Å². The summed E-state index contributed by atoms with van der Waals surface area (Å²) in [5.41, 5.74) is 0.555. The van der Waals surface area contributed by atoms with Crippen molar-refractivity contribution in [3.63, 3.8) is 0 Å². The maximum atomic E-state index is 11.3. The lowest BCUT2D eigenvalue weighted by Crippen LogP contribution is -2.39. The van der Waals surface area contributed by atoms with Crippen LogP contribution >= 0.6 is 0 Å². The molecular weight excluding hydrogens is 276 g/mol. The fraction of sp³-hybridized carbons (Fsp3) is 0.538. The highest BCUT2D eigenvalue weighted by atomic mass is 32.2. The van der Waals surface area contributed by atoms with Crippen LogP contribution in [0.25, 0.3) is 0 Å². The van der Waals surface area contributed by atoms with Gasteiger partial charge in [-0.3, -0.25) is 0 Å². The van der Waals surface area contributed by atoms with E-state index in [4.69, 9.17) is 5.26 Å². The first-order chi connectivity index (χ1) is 9.48. The summed E-state index contributed by atoms with van der Waals surface area (Å²) in [5.74, 6) is 0.895. The minimum absolute atomic E-state index is 0.0170. The number of sulfonamides is 1. The summed E-state index contributed by atoms with van der Waals surface area (Å²) in [7, 11) is -3.17. The zero-order valence-corrected chi connectivity index (χ0v) is 12.2. The largest absolute Gasteiger partial charge is 0.370 e. The molecule has 0 radical (unpaired) electrons. The molecule has 1 aromatic heterocycles. The zero-order chi connectivity index (χ0) is 14.6. The molecule has 0 bridgehead atoms. The molecule has 2 unspecified atom stereocenters. The number of aromatic nitrogens is 1. The highest BCUT2D eigenvalue weighted by Gasteiger charge is 2.29. The third kappa shape index (κ3) is 4.18. The molecule has 1 fully saturated rings. The standard InChI is InChI=1S/C13H18N4O2S/c1-20(18,19)17-12-4-2-3-11(12)9-16-13-7-10(8-14)5-6-15-13/h5-7,11-12,17H,2-4,9H2,1H3,(H,15,16). The highest BCUT2D eigenvalue weighted by Crippen LogP contribution is 2.26. The van der Waals surface area contributed by atoms with Gasteiger partial charge in [-0.15, -0.1) is 0 Å². The van der Waals surface area contributed by atoms with Crippen LogP contribution in [0.5, 0.6) is 0 Å². The Kier molecular flexibility index (Phi) is 4.57. The van der Waals surface area contributed by atoms with E-state index in [2.05, 4.69) is 21.1 Å². The maximum absolute atomic E-state index is 11.3. The van der Waals surface area contributed by atoms with Gasteiger partial charge in [-0.05, 0) is 30.9 Å². The summed E-state index contributed by atoms with van der Waals surface area (Å²) in [6.07, 6.45) is 5.64. The smallest absolute Gasteiger partial charge is 0.208 e. The van der Waals surface area contributed by atoms with Crippen molar-refractivity contribution >= 4 is 15.8 Å². The Morgan fingerprint density at radius 1 is 1.50 bits per heavy atom. The SMILES string of the molecule is CS(=O)(=O)NC1CCCC1CNc1cc(C#N)ccn1. The van der Waals surface area contributed by atoms with Gasteiger partial charge >= 0.3 is 0 Å². The van der Waals surface area contributed by atoms with E-state index in [1.807, 2.05) is 0 Å². The van der Waals surface area contributed by atoms with E-state index in [0.717, 1.165) is 19.3 Å². The molecule has 1 heterocycles. The first-order valence-electron chi connectivity index (χ1n) is 6.55. The summed E-state index contributed by atoms with van der Waals surface area (Å²) in [4.78, 5) is 4.15. The third-order valence-electron chi connectivity index (χ3n) is 3.46. The Morgan fingerprint density at radius 3 is 3.00 bits per heavy atom. The summed E-state index contributed by atoms with van der Waals surface area (Å²) in [6, 6.07) is 5.38.